The second-order valence-electron chi connectivity index (χ2n) is 3.69. The van der Waals surface area contributed by atoms with E-state index in [9.17, 15) is 4.79 Å². The molecule has 0 radical (unpaired) electrons. The molecule has 0 aromatic heterocycles. The second-order valence-corrected chi connectivity index (χ2v) is 3.69. The van der Waals surface area contributed by atoms with E-state index in [-0.39, 0.29) is 18.6 Å². The fraction of sp³-hybridized carbons (Fsp3) is 0.417. The van der Waals surface area contributed by atoms with E-state index in [2.05, 4.69) is 5.32 Å². The lowest BCUT2D eigenvalue weighted by Gasteiger charge is -2.16. The highest BCUT2D eigenvalue weighted by atomic mass is 16.5. The number of nitrogen functional groups attached to an aromatic ring is 1. The molecule has 0 aliphatic carbocycles. The number of carbonyl (C=O) groups is 1. The van der Waals surface area contributed by atoms with Gasteiger partial charge in [-0.1, -0.05) is 13.0 Å². The fourth-order valence-corrected chi connectivity index (χ4v) is 1.50. The molecule has 1 amide bonds. The number of carbonyl (C=O) groups excluding carboxylic acids is 1. The number of hydrogen-bond acceptors (Lipinski definition) is 4. The summed E-state index contributed by atoms with van der Waals surface area (Å²) in [5.41, 5.74) is 6.50. The third-order valence-corrected chi connectivity index (χ3v) is 2.54. The number of methoxy groups -OCH3 is 1. The van der Waals surface area contributed by atoms with Crippen LogP contribution in [0, 0.1) is 0 Å². The summed E-state index contributed by atoms with van der Waals surface area (Å²) < 4.78 is 5.10. The Morgan fingerprint density at radius 1 is 1.59 bits per heavy atom. The Bertz CT molecular complexity index is 389. The van der Waals surface area contributed by atoms with Gasteiger partial charge in [-0.15, -0.1) is 0 Å². The molecule has 4 N–H and O–H groups in total. The highest BCUT2D eigenvalue weighted by molar-refractivity contribution is 5.98. The quantitative estimate of drug-likeness (QED) is 0.662. The molecule has 0 saturated heterocycles. The summed E-state index contributed by atoms with van der Waals surface area (Å²) in [6.45, 7) is 1.80. The summed E-state index contributed by atoms with van der Waals surface area (Å²) in [4.78, 5) is 11.9. The van der Waals surface area contributed by atoms with Gasteiger partial charge >= 0.3 is 0 Å². The third kappa shape index (κ3) is 3.10. The van der Waals surface area contributed by atoms with Gasteiger partial charge in [0.05, 0.1) is 31.0 Å². The summed E-state index contributed by atoms with van der Waals surface area (Å²) >= 11 is 0. The summed E-state index contributed by atoms with van der Waals surface area (Å²) in [5.74, 6) is 0.0628. The summed E-state index contributed by atoms with van der Waals surface area (Å²) in [7, 11) is 1.46. The molecular formula is C12H18N2O3. The van der Waals surface area contributed by atoms with Crippen molar-refractivity contribution in [3.63, 3.8) is 0 Å². The minimum absolute atomic E-state index is 0.0904. The van der Waals surface area contributed by atoms with Crippen molar-refractivity contribution in [3.8, 4) is 5.75 Å². The summed E-state index contributed by atoms with van der Waals surface area (Å²) in [5, 5.41) is 11.7. The zero-order chi connectivity index (χ0) is 12.8. The number of anilines is 1. The lowest BCUT2D eigenvalue weighted by Crippen LogP contribution is -2.37. The molecule has 0 fully saturated rings. The molecule has 1 rings (SSSR count). The molecular weight excluding hydrogens is 220 g/mol. The van der Waals surface area contributed by atoms with Gasteiger partial charge in [0, 0.05) is 0 Å². The molecule has 94 valence electrons. The van der Waals surface area contributed by atoms with Gasteiger partial charge in [0.2, 0.25) is 0 Å². The molecule has 0 heterocycles. The smallest absolute Gasteiger partial charge is 0.255 e. The Labute approximate surface area is 101 Å². The lowest BCUT2D eigenvalue weighted by atomic mass is 10.1. The largest absolute Gasteiger partial charge is 0.494 e. The Kier molecular flexibility index (Phi) is 4.78. The van der Waals surface area contributed by atoms with Crippen LogP contribution < -0.4 is 15.8 Å². The molecule has 0 spiro atoms. The number of hydrogen-bond donors (Lipinski definition) is 3. The molecule has 1 atom stereocenters. The number of para-hydroxylation sites is 1. The van der Waals surface area contributed by atoms with Crippen molar-refractivity contribution in [2.45, 2.75) is 19.4 Å². The fourth-order valence-electron chi connectivity index (χ4n) is 1.50. The number of aliphatic hydroxyl groups excluding tert-OH is 1. The molecule has 1 aromatic rings. The average molecular weight is 238 g/mol. The van der Waals surface area contributed by atoms with Gasteiger partial charge < -0.3 is 20.9 Å². The van der Waals surface area contributed by atoms with Gasteiger partial charge in [0.15, 0.2) is 5.75 Å². The van der Waals surface area contributed by atoms with Crippen LogP contribution in [0.3, 0.4) is 0 Å². The first-order valence-electron chi connectivity index (χ1n) is 5.48. The van der Waals surface area contributed by atoms with E-state index in [1.54, 1.807) is 18.2 Å². The van der Waals surface area contributed by atoms with Crippen molar-refractivity contribution < 1.29 is 14.6 Å². The maximum absolute atomic E-state index is 11.9. The summed E-state index contributed by atoms with van der Waals surface area (Å²) in [6.07, 6.45) is 0.660. The number of amides is 1. The number of nitrogens with two attached hydrogens (primary N) is 1. The number of ether oxygens (including phenoxy) is 1. The Morgan fingerprint density at radius 2 is 2.29 bits per heavy atom. The molecule has 0 aliphatic rings. The molecule has 0 aliphatic heterocycles. The summed E-state index contributed by atoms with van der Waals surface area (Å²) in [6, 6.07) is 4.73. The molecule has 1 aromatic carbocycles. The van der Waals surface area contributed by atoms with Gasteiger partial charge in [0.1, 0.15) is 0 Å². The zero-order valence-electron chi connectivity index (χ0n) is 10.1. The number of aliphatic hydroxyl groups is 1. The van der Waals surface area contributed by atoms with Gasteiger partial charge in [-0.2, -0.15) is 0 Å². The third-order valence-electron chi connectivity index (χ3n) is 2.54. The molecule has 17 heavy (non-hydrogen) atoms. The predicted octanol–water partition coefficient (Wildman–Crippen LogP) is 0.778. The Morgan fingerprint density at radius 3 is 2.82 bits per heavy atom. The van der Waals surface area contributed by atoms with Crippen molar-refractivity contribution in [2.24, 2.45) is 0 Å². The predicted molar refractivity (Wildman–Crippen MR) is 66.0 cm³/mol. The van der Waals surface area contributed by atoms with Crippen LogP contribution in [0.5, 0.6) is 5.75 Å². The normalized spacial score (nSPS) is 11.9. The monoisotopic (exact) mass is 238 g/mol. The molecule has 5 nitrogen and oxygen atoms in total. The topological polar surface area (TPSA) is 84.6 Å². The van der Waals surface area contributed by atoms with E-state index in [4.69, 9.17) is 15.6 Å². The minimum atomic E-state index is -0.296. The van der Waals surface area contributed by atoms with Crippen molar-refractivity contribution in [1.82, 2.24) is 5.32 Å². The van der Waals surface area contributed by atoms with Gasteiger partial charge in [-0.3, -0.25) is 4.79 Å². The number of rotatable bonds is 5. The van der Waals surface area contributed by atoms with E-state index < -0.39 is 0 Å². The van der Waals surface area contributed by atoms with Crippen LogP contribution in [0.15, 0.2) is 18.2 Å². The maximum Gasteiger partial charge on any atom is 0.255 e. The van der Waals surface area contributed by atoms with Crippen molar-refractivity contribution in [1.29, 1.82) is 0 Å². The van der Waals surface area contributed by atoms with E-state index in [0.29, 0.717) is 23.4 Å². The Hall–Kier alpha value is -1.75. The van der Waals surface area contributed by atoms with E-state index >= 15 is 0 Å². The van der Waals surface area contributed by atoms with Crippen LogP contribution >= 0.6 is 0 Å². The van der Waals surface area contributed by atoms with Crippen LogP contribution in [0.2, 0.25) is 0 Å². The SMILES string of the molecule is CCC(CO)NC(=O)c1cccc(N)c1OC. The first kappa shape index (κ1) is 13.3. The Balaban J connectivity index is 2.92. The number of nitrogens with one attached hydrogen (secondary N) is 1. The average Bonchev–Trinajstić information content (AvgIpc) is 2.35. The van der Waals surface area contributed by atoms with Gasteiger partial charge in [0.25, 0.3) is 5.91 Å². The van der Waals surface area contributed by atoms with Gasteiger partial charge in [-0.05, 0) is 18.6 Å². The molecule has 0 bridgehead atoms. The highest BCUT2D eigenvalue weighted by Crippen LogP contribution is 2.25. The first-order valence-corrected chi connectivity index (χ1v) is 5.48. The molecule has 1 unspecified atom stereocenters. The van der Waals surface area contributed by atoms with E-state index in [0.717, 1.165) is 0 Å². The lowest BCUT2D eigenvalue weighted by molar-refractivity contribution is 0.0912. The molecule has 5 heteroatoms. The van der Waals surface area contributed by atoms with E-state index in [1.165, 1.54) is 7.11 Å². The van der Waals surface area contributed by atoms with Crippen LogP contribution in [-0.2, 0) is 0 Å². The van der Waals surface area contributed by atoms with Gasteiger partial charge in [-0.25, -0.2) is 0 Å². The zero-order valence-corrected chi connectivity index (χ0v) is 10.1. The van der Waals surface area contributed by atoms with Crippen LogP contribution in [0.4, 0.5) is 5.69 Å². The van der Waals surface area contributed by atoms with Crippen LogP contribution in [0.25, 0.3) is 0 Å². The minimum Gasteiger partial charge on any atom is -0.494 e. The van der Waals surface area contributed by atoms with Crippen molar-refractivity contribution >= 4 is 11.6 Å². The molecule has 0 saturated carbocycles. The standard InChI is InChI=1S/C12H18N2O3/c1-3-8(7-15)14-12(16)9-5-4-6-10(13)11(9)17-2/h4-6,8,15H,3,7,13H2,1-2H3,(H,14,16). The van der Waals surface area contributed by atoms with Crippen LogP contribution in [-0.4, -0.2) is 30.8 Å². The first-order chi connectivity index (χ1) is 8.13. The maximum atomic E-state index is 11.9. The van der Waals surface area contributed by atoms with Crippen molar-refractivity contribution in [2.75, 3.05) is 19.5 Å². The highest BCUT2D eigenvalue weighted by Gasteiger charge is 2.16. The van der Waals surface area contributed by atoms with Crippen molar-refractivity contribution in [3.05, 3.63) is 23.8 Å². The van der Waals surface area contributed by atoms with Crippen LogP contribution in [0.1, 0.15) is 23.7 Å². The van der Waals surface area contributed by atoms with E-state index in [1.807, 2.05) is 6.92 Å². The number of benzene rings is 1. The second kappa shape index (κ2) is 6.10.